The van der Waals surface area contributed by atoms with Crippen LogP contribution in [0.5, 0.6) is 11.5 Å². The van der Waals surface area contributed by atoms with Crippen LogP contribution in [0.25, 0.3) is 0 Å². The molecule has 1 unspecified atom stereocenters. The van der Waals surface area contributed by atoms with Crippen LogP contribution < -0.4 is 9.47 Å². The van der Waals surface area contributed by atoms with Gasteiger partial charge in [-0.1, -0.05) is 6.07 Å². The van der Waals surface area contributed by atoms with Gasteiger partial charge in [-0.25, -0.2) is 0 Å². The van der Waals surface area contributed by atoms with E-state index < -0.39 is 0 Å². The van der Waals surface area contributed by atoms with E-state index >= 15 is 0 Å². The number of ether oxygens (including phenoxy) is 3. The molecule has 0 aromatic heterocycles. The summed E-state index contributed by atoms with van der Waals surface area (Å²) in [6, 6.07) is 5.96. The van der Waals surface area contributed by atoms with Crippen LogP contribution >= 0.6 is 11.8 Å². The predicted octanol–water partition coefficient (Wildman–Crippen LogP) is 2.46. The summed E-state index contributed by atoms with van der Waals surface area (Å²) in [5, 5.41) is 0.0601. The first kappa shape index (κ1) is 15.5. The summed E-state index contributed by atoms with van der Waals surface area (Å²) in [4.78, 5) is 14.1. The Morgan fingerprint density at radius 2 is 2.14 bits per heavy atom. The fourth-order valence-electron chi connectivity index (χ4n) is 2.67. The van der Waals surface area contributed by atoms with E-state index in [1.165, 1.54) is 0 Å². The number of fused-ring (bicyclic) bond motifs is 1. The molecule has 3 rings (SSSR count). The first-order valence-corrected chi connectivity index (χ1v) is 8.73. The van der Waals surface area contributed by atoms with Crippen molar-refractivity contribution in [2.24, 2.45) is 0 Å². The van der Waals surface area contributed by atoms with Crippen molar-refractivity contribution in [1.29, 1.82) is 0 Å². The van der Waals surface area contributed by atoms with Crippen LogP contribution in [0.1, 0.15) is 24.3 Å². The van der Waals surface area contributed by atoms with Crippen molar-refractivity contribution in [2.45, 2.75) is 18.7 Å². The second-order valence-corrected chi connectivity index (χ2v) is 6.27. The number of carbonyl (C=O) groups excluding carboxylic acids is 1. The Hall–Kier alpha value is -1.40. The lowest BCUT2D eigenvalue weighted by molar-refractivity contribution is -0.128. The number of thioether (sulfide) groups is 1. The maximum atomic E-state index is 12.1. The summed E-state index contributed by atoms with van der Waals surface area (Å²) in [7, 11) is 0. The number of hydrogen-bond acceptors (Lipinski definition) is 5. The zero-order valence-electron chi connectivity index (χ0n) is 12.7. The average molecular weight is 323 g/mol. The van der Waals surface area contributed by atoms with Gasteiger partial charge in [-0.2, -0.15) is 0 Å². The van der Waals surface area contributed by atoms with Crippen LogP contribution in [0.15, 0.2) is 18.2 Å². The molecule has 120 valence electrons. The number of carbonyl (C=O) groups is 1. The van der Waals surface area contributed by atoms with E-state index in [-0.39, 0.29) is 11.3 Å². The van der Waals surface area contributed by atoms with E-state index in [0.717, 1.165) is 30.0 Å². The molecule has 5 nitrogen and oxygen atoms in total. The molecule has 1 atom stereocenters. The molecule has 2 heterocycles. The Kier molecular flexibility index (Phi) is 5.10. The molecule has 0 radical (unpaired) electrons. The summed E-state index contributed by atoms with van der Waals surface area (Å²) in [5.41, 5.74) is 1.09. The summed E-state index contributed by atoms with van der Waals surface area (Å²) in [6.07, 6.45) is 0.862. The van der Waals surface area contributed by atoms with Crippen molar-refractivity contribution >= 4 is 17.7 Å². The minimum Gasteiger partial charge on any atom is -0.486 e. The van der Waals surface area contributed by atoms with Gasteiger partial charge in [-0.05, 0) is 31.0 Å². The molecule has 0 saturated carbocycles. The molecule has 2 aliphatic rings. The largest absolute Gasteiger partial charge is 0.486 e. The number of benzene rings is 1. The van der Waals surface area contributed by atoms with Crippen LogP contribution in [-0.2, 0) is 9.53 Å². The van der Waals surface area contributed by atoms with E-state index in [4.69, 9.17) is 14.2 Å². The monoisotopic (exact) mass is 323 g/mol. The van der Waals surface area contributed by atoms with Gasteiger partial charge in [0.2, 0.25) is 5.91 Å². The van der Waals surface area contributed by atoms with Crippen molar-refractivity contribution in [3.8, 4) is 11.5 Å². The standard InChI is InChI=1S/C16H21NO4S/c1-2-19-7-3-6-17-15(18)11-22-16(17)12-4-5-13-14(10-12)21-9-8-20-13/h4-5,10,16H,2-3,6-9,11H2,1H3. The molecule has 0 bridgehead atoms. The van der Waals surface area contributed by atoms with Crippen molar-refractivity contribution in [2.75, 3.05) is 38.7 Å². The molecule has 6 heteroatoms. The summed E-state index contributed by atoms with van der Waals surface area (Å²) < 4.78 is 16.6. The first-order chi connectivity index (χ1) is 10.8. The Bertz CT molecular complexity index is 537. The van der Waals surface area contributed by atoms with Crippen LogP contribution in [0.2, 0.25) is 0 Å². The fraction of sp³-hybridized carbons (Fsp3) is 0.562. The zero-order chi connectivity index (χ0) is 15.4. The number of hydrogen-bond donors (Lipinski definition) is 0. The van der Waals surface area contributed by atoms with Gasteiger partial charge in [0.05, 0.1) is 5.75 Å². The average Bonchev–Trinajstić information content (AvgIpc) is 2.92. The van der Waals surface area contributed by atoms with Gasteiger partial charge in [0.25, 0.3) is 0 Å². The number of rotatable bonds is 6. The Balaban J connectivity index is 1.70. The molecular formula is C16H21NO4S. The smallest absolute Gasteiger partial charge is 0.233 e. The number of nitrogens with zero attached hydrogens (tertiary/aromatic N) is 1. The fourth-order valence-corrected chi connectivity index (χ4v) is 3.88. The number of amides is 1. The molecule has 2 aliphatic heterocycles. The molecule has 0 N–H and O–H groups in total. The molecule has 0 spiro atoms. The minimum absolute atomic E-state index is 0.0601. The quantitative estimate of drug-likeness (QED) is 0.753. The van der Waals surface area contributed by atoms with E-state index in [1.807, 2.05) is 30.0 Å². The molecule has 1 aromatic rings. The molecule has 1 fully saturated rings. The highest BCUT2D eigenvalue weighted by Crippen LogP contribution is 2.42. The third kappa shape index (κ3) is 3.33. The normalized spacial score (nSPS) is 20.5. The molecule has 1 aromatic carbocycles. The third-order valence-electron chi connectivity index (χ3n) is 3.71. The van der Waals surface area contributed by atoms with Crippen molar-refractivity contribution < 1.29 is 19.0 Å². The van der Waals surface area contributed by atoms with Gasteiger partial charge >= 0.3 is 0 Å². The van der Waals surface area contributed by atoms with E-state index in [0.29, 0.717) is 32.2 Å². The lowest BCUT2D eigenvalue weighted by Crippen LogP contribution is -2.30. The van der Waals surface area contributed by atoms with Crippen LogP contribution in [0.3, 0.4) is 0 Å². The van der Waals surface area contributed by atoms with Crippen molar-refractivity contribution in [3.63, 3.8) is 0 Å². The SMILES string of the molecule is CCOCCCN1C(=O)CSC1c1ccc2c(c1)OCCO2. The van der Waals surface area contributed by atoms with E-state index in [2.05, 4.69) is 0 Å². The third-order valence-corrected chi connectivity index (χ3v) is 4.97. The lowest BCUT2D eigenvalue weighted by Gasteiger charge is -2.26. The van der Waals surface area contributed by atoms with Crippen molar-refractivity contribution in [1.82, 2.24) is 4.90 Å². The topological polar surface area (TPSA) is 48.0 Å². The van der Waals surface area contributed by atoms with Gasteiger partial charge in [0.15, 0.2) is 11.5 Å². The highest BCUT2D eigenvalue weighted by atomic mass is 32.2. The molecule has 22 heavy (non-hydrogen) atoms. The van der Waals surface area contributed by atoms with Crippen LogP contribution in [0.4, 0.5) is 0 Å². The molecule has 1 amide bonds. The highest BCUT2D eigenvalue weighted by Gasteiger charge is 2.33. The minimum atomic E-state index is 0.0601. The predicted molar refractivity (Wildman–Crippen MR) is 85.5 cm³/mol. The summed E-state index contributed by atoms with van der Waals surface area (Å²) in [5.74, 6) is 2.29. The maximum Gasteiger partial charge on any atom is 0.233 e. The Morgan fingerprint density at radius 1 is 1.32 bits per heavy atom. The summed E-state index contributed by atoms with van der Waals surface area (Å²) >= 11 is 1.67. The molecule has 0 aliphatic carbocycles. The molecule has 1 saturated heterocycles. The second-order valence-electron chi connectivity index (χ2n) is 5.20. The first-order valence-electron chi connectivity index (χ1n) is 7.68. The van der Waals surface area contributed by atoms with Crippen LogP contribution in [0, 0.1) is 0 Å². The summed E-state index contributed by atoms with van der Waals surface area (Å²) in [6.45, 7) is 5.28. The van der Waals surface area contributed by atoms with E-state index in [1.54, 1.807) is 11.8 Å². The van der Waals surface area contributed by atoms with Gasteiger partial charge in [-0.3, -0.25) is 4.79 Å². The van der Waals surface area contributed by atoms with Gasteiger partial charge in [0.1, 0.15) is 18.6 Å². The Labute approximate surface area is 134 Å². The van der Waals surface area contributed by atoms with Gasteiger partial charge in [0, 0.05) is 19.8 Å². The maximum absolute atomic E-state index is 12.1. The Morgan fingerprint density at radius 3 is 2.95 bits per heavy atom. The molecular weight excluding hydrogens is 302 g/mol. The van der Waals surface area contributed by atoms with Crippen LogP contribution in [-0.4, -0.2) is 49.5 Å². The van der Waals surface area contributed by atoms with Crippen molar-refractivity contribution in [3.05, 3.63) is 23.8 Å². The van der Waals surface area contributed by atoms with Gasteiger partial charge < -0.3 is 19.1 Å². The highest BCUT2D eigenvalue weighted by molar-refractivity contribution is 8.00. The van der Waals surface area contributed by atoms with Gasteiger partial charge in [-0.15, -0.1) is 11.8 Å². The van der Waals surface area contributed by atoms with E-state index in [9.17, 15) is 4.79 Å². The zero-order valence-corrected chi connectivity index (χ0v) is 13.6. The second kappa shape index (κ2) is 7.24. The lowest BCUT2D eigenvalue weighted by atomic mass is 10.1.